The van der Waals surface area contributed by atoms with Crippen molar-refractivity contribution in [1.29, 1.82) is 0 Å². The number of hydrogen-bond acceptors (Lipinski definition) is 3. The van der Waals surface area contributed by atoms with Crippen LogP contribution in [0.15, 0.2) is 9.95 Å². The molecule has 0 N–H and O–H groups in total. The summed E-state index contributed by atoms with van der Waals surface area (Å²) >= 11 is 1.41. The van der Waals surface area contributed by atoms with Gasteiger partial charge >= 0.3 is 10.7 Å². The Morgan fingerprint density at radius 1 is 1.47 bits per heavy atom. The van der Waals surface area contributed by atoms with Gasteiger partial charge in [-0.15, -0.1) is 0 Å². The van der Waals surface area contributed by atoms with Crippen LogP contribution in [0.1, 0.15) is 25.5 Å². The van der Waals surface area contributed by atoms with E-state index >= 15 is 0 Å². The second-order valence-electron chi connectivity index (χ2n) is 3.74. The van der Waals surface area contributed by atoms with E-state index in [-0.39, 0.29) is 23.0 Å². The van der Waals surface area contributed by atoms with Gasteiger partial charge in [0, 0.05) is 0 Å². The smallest absolute Gasteiger partial charge is 0.340 e. The summed E-state index contributed by atoms with van der Waals surface area (Å²) in [6.07, 6.45) is 1.86. The first-order valence-corrected chi connectivity index (χ1v) is 6.00. The van der Waals surface area contributed by atoms with Gasteiger partial charge in [0.25, 0.3) is 0 Å². The molecule has 0 saturated heterocycles. The molecular formula is C10H16N2O2S. The summed E-state index contributed by atoms with van der Waals surface area (Å²) in [4.78, 5) is 11.9. The molecule has 0 unspecified atom stereocenters. The van der Waals surface area contributed by atoms with E-state index in [9.17, 15) is 9.90 Å². The number of hydrogen-bond donors (Lipinski definition) is 0. The Labute approximate surface area is 93.6 Å². The lowest BCUT2D eigenvalue weighted by molar-refractivity contribution is -0.752. The third-order valence-electron chi connectivity index (χ3n) is 2.36. The van der Waals surface area contributed by atoms with Gasteiger partial charge in [0.1, 0.15) is 0 Å². The molecule has 4 nitrogen and oxygen atoms in total. The minimum atomic E-state index is -0.207. The molecule has 0 aliphatic rings. The van der Waals surface area contributed by atoms with E-state index in [0.717, 1.165) is 0 Å². The van der Waals surface area contributed by atoms with Crippen LogP contribution in [-0.2, 0) is 7.05 Å². The molecule has 1 aromatic rings. The maximum atomic E-state index is 11.9. The van der Waals surface area contributed by atoms with Crippen LogP contribution in [0.5, 0.6) is 5.88 Å². The van der Waals surface area contributed by atoms with E-state index < -0.39 is 0 Å². The molecule has 0 amide bonds. The van der Waals surface area contributed by atoms with Crippen LogP contribution in [0.25, 0.3) is 0 Å². The fourth-order valence-corrected chi connectivity index (χ4v) is 2.40. The molecule has 0 aliphatic heterocycles. The lowest BCUT2D eigenvalue weighted by Gasteiger charge is -2.16. The molecule has 0 radical (unpaired) electrons. The van der Waals surface area contributed by atoms with Crippen LogP contribution in [-0.4, -0.2) is 10.8 Å². The third kappa shape index (κ3) is 1.88. The Bertz CT molecular complexity index is 438. The van der Waals surface area contributed by atoms with Gasteiger partial charge in [-0.2, -0.15) is 4.57 Å². The number of thioether (sulfide) groups is 1. The van der Waals surface area contributed by atoms with Gasteiger partial charge in [-0.25, -0.2) is 9.36 Å². The minimum Gasteiger partial charge on any atom is -0.842 e. The van der Waals surface area contributed by atoms with Crippen LogP contribution in [0.4, 0.5) is 0 Å². The Morgan fingerprint density at radius 3 is 2.40 bits per heavy atom. The van der Waals surface area contributed by atoms with Gasteiger partial charge in [-0.05, 0) is 38.8 Å². The fourth-order valence-electron chi connectivity index (χ4n) is 1.55. The molecule has 5 heteroatoms. The van der Waals surface area contributed by atoms with Gasteiger partial charge in [-0.1, -0.05) is 0 Å². The predicted molar refractivity (Wildman–Crippen MR) is 58.2 cm³/mol. The van der Waals surface area contributed by atoms with Crippen LogP contribution >= 0.6 is 11.8 Å². The Hall–Kier alpha value is -0.970. The van der Waals surface area contributed by atoms with Gasteiger partial charge in [0.05, 0.1) is 24.5 Å². The zero-order chi connectivity index (χ0) is 11.7. The average Bonchev–Trinajstić information content (AvgIpc) is 2.19. The molecule has 15 heavy (non-hydrogen) atoms. The van der Waals surface area contributed by atoms with Gasteiger partial charge in [0.2, 0.25) is 0 Å². The monoisotopic (exact) mass is 228 g/mol. The summed E-state index contributed by atoms with van der Waals surface area (Å²) in [6, 6.07) is 0.0606. The van der Waals surface area contributed by atoms with Crippen molar-refractivity contribution in [3.63, 3.8) is 0 Å². The van der Waals surface area contributed by atoms with E-state index in [0.29, 0.717) is 5.16 Å². The quantitative estimate of drug-likeness (QED) is 0.417. The topological polar surface area (TPSA) is 48.9 Å². The number of aromatic nitrogens is 2. The highest BCUT2D eigenvalue weighted by molar-refractivity contribution is 7.98. The van der Waals surface area contributed by atoms with Crippen molar-refractivity contribution < 1.29 is 9.67 Å². The van der Waals surface area contributed by atoms with Crippen molar-refractivity contribution in [3.8, 4) is 5.88 Å². The highest BCUT2D eigenvalue weighted by Gasteiger charge is 2.21. The zero-order valence-corrected chi connectivity index (χ0v) is 10.5. The standard InChI is InChI=1S/C10H16N2O2S/c1-6(2)12-9(14)7(3)8(13)11(4)10(12)15-5/h6H,1-5H3. The fraction of sp³-hybridized carbons (Fsp3) is 0.600. The van der Waals surface area contributed by atoms with Crippen molar-refractivity contribution in [2.45, 2.75) is 32.0 Å². The first-order valence-electron chi connectivity index (χ1n) is 4.78. The maximum absolute atomic E-state index is 11.9. The molecule has 0 aromatic carbocycles. The van der Waals surface area contributed by atoms with E-state index in [1.807, 2.05) is 20.1 Å². The summed E-state index contributed by atoms with van der Waals surface area (Å²) in [5, 5.41) is 12.4. The minimum absolute atomic E-state index is 0.0606. The molecule has 84 valence electrons. The Kier molecular flexibility index (Phi) is 3.44. The predicted octanol–water partition coefficient (Wildman–Crippen LogP) is 0.358. The zero-order valence-electron chi connectivity index (χ0n) is 9.70. The van der Waals surface area contributed by atoms with Crippen LogP contribution in [0, 0.1) is 6.92 Å². The van der Waals surface area contributed by atoms with E-state index in [1.165, 1.54) is 16.3 Å². The maximum Gasteiger partial charge on any atom is 0.340 e. The molecule has 0 atom stereocenters. The van der Waals surface area contributed by atoms with Crippen molar-refractivity contribution in [3.05, 3.63) is 15.9 Å². The summed E-state index contributed by atoms with van der Waals surface area (Å²) in [6.45, 7) is 5.45. The van der Waals surface area contributed by atoms with Crippen molar-refractivity contribution >= 4 is 11.8 Å². The highest BCUT2D eigenvalue weighted by atomic mass is 32.2. The molecule has 0 bridgehead atoms. The van der Waals surface area contributed by atoms with Crippen molar-refractivity contribution in [2.75, 3.05) is 6.26 Å². The third-order valence-corrected chi connectivity index (χ3v) is 3.19. The molecule has 1 heterocycles. The Morgan fingerprint density at radius 2 is 2.00 bits per heavy atom. The first kappa shape index (κ1) is 12.1. The normalized spacial score (nSPS) is 11.1. The average molecular weight is 228 g/mol. The SMILES string of the molecule is CSc1n(C(C)C)c(=O)c(C)c([O-])[n+]1C. The molecule has 0 saturated carbocycles. The van der Waals surface area contributed by atoms with Crippen LogP contribution in [0.2, 0.25) is 0 Å². The molecule has 0 aliphatic carbocycles. The lowest BCUT2D eigenvalue weighted by Crippen LogP contribution is -2.45. The molecule has 0 spiro atoms. The van der Waals surface area contributed by atoms with E-state index in [4.69, 9.17) is 0 Å². The van der Waals surface area contributed by atoms with Gasteiger partial charge < -0.3 is 5.11 Å². The summed E-state index contributed by atoms with van der Waals surface area (Å²) in [7, 11) is 1.69. The van der Waals surface area contributed by atoms with Gasteiger partial charge in [-0.3, -0.25) is 0 Å². The molecular weight excluding hydrogens is 212 g/mol. The molecule has 0 fully saturated rings. The van der Waals surface area contributed by atoms with Gasteiger partial charge in [0.15, 0.2) is 0 Å². The summed E-state index contributed by atoms with van der Waals surface area (Å²) in [5.74, 6) is -0.207. The van der Waals surface area contributed by atoms with Crippen LogP contribution in [0.3, 0.4) is 0 Å². The second-order valence-corrected chi connectivity index (χ2v) is 4.52. The lowest BCUT2D eigenvalue weighted by atomic mass is 10.3. The largest absolute Gasteiger partial charge is 0.842 e. The Balaban J connectivity index is 3.71. The van der Waals surface area contributed by atoms with E-state index in [2.05, 4.69) is 0 Å². The first-order chi connectivity index (χ1) is 6.91. The van der Waals surface area contributed by atoms with Crippen molar-refractivity contribution in [1.82, 2.24) is 4.57 Å². The second kappa shape index (κ2) is 4.26. The number of nitrogens with zero attached hydrogens (tertiary/aromatic N) is 2. The van der Waals surface area contributed by atoms with E-state index in [1.54, 1.807) is 18.5 Å². The summed E-state index contributed by atoms with van der Waals surface area (Å²) < 4.78 is 3.18. The molecule has 1 aromatic heterocycles. The van der Waals surface area contributed by atoms with Crippen molar-refractivity contribution in [2.24, 2.45) is 7.05 Å². The summed E-state index contributed by atoms with van der Waals surface area (Å²) in [5.41, 5.74) is 0.0986. The van der Waals surface area contributed by atoms with Crippen LogP contribution < -0.4 is 15.2 Å². The number of rotatable bonds is 2. The molecule has 1 rings (SSSR count). The highest BCUT2D eigenvalue weighted by Crippen LogP contribution is 2.15.